The topological polar surface area (TPSA) is 75.1 Å². The minimum atomic E-state index is -0.460. The highest BCUT2D eigenvalue weighted by Gasteiger charge is 2.10. The van der Waals surface area contributed by atoms with E-state index in [4.69, 9.17) is 11.6 Å². The summed E-state index contributed by atoms with van der Waals surface area (Å²) in [5.74, 6) is 0.352. The average molecular weight is 244 g/mol. The van der Waals surface area contributed by atoms with Crippen LogP contribution in [0.4, 0.5) is 5.82 Å². The summed E-state index contributed by atoms with van der Waals surface area (Å²) in [6.45, 7) is 2.32. The second-order valence-electron chi connectivity index (χ2n) is 3.37. The Morgan fingerprint density at radius 2 is 2.38 bits per heavy atom. The summed E-state index contributed by atoms with van der Waals surface area (Å²) in [6.07, 6.45) is 3.00. The van der Waals surface area contributed by atoms with Gasteiger partial charge in [0.25, 0.3) is 0 Å². The van der Waals surface area contributed by atoms with Gasteiger partial charge in [0.2, 0.25) is 0 Å². The lowest BCUT2D eigenvalue weighted by Gasteiger charge is -2.12. The van der Waals surface area contributed by atoms with Crippen LogP contribution in [0.3, 0.4) is 0 Å². The van der Waals surface area contributed by atoms with Crippen LogP contribution in [0.15, 0.2) is 6.33 Å². The van der Waals surface area contributed by atoms with Gasteiger partial charge in [0.15, 0.2) is 6.29 Å². The number of halogens is 1. The van der Waals surface area contributed by atoms with E-state index >= 15 is 0 Å². The zero-order chi connectivity index (χ0) is 12.0. The van der Waals surface area contributed by atoms with Crippen molar-refractivity contribution in [1.29, 1.82) is 0 Å². The van der Waals surface area contributed by atoms with Crippen LogP contribution in [0, 0.1) is 0 Å². The first kappa shape index (κ1) is 12.9. The van der Waals surface area contributed by atoms with Crippen molar-refractivity contribution in [2.45, 2.75) is 25.9 Å². The van der Waals surface area contributed by atoms with E-state index in [1.165, 1.54) is 6.33 Å². The molecule has 88 valence electrons. The van der Waals surface area contributed by atoms with Gasteiger partial charge in [-0.15, -0.1) is 0 Å². The molecule has 0 saturated heterocycles. The van der Waals surface area contributed by atoms with Gasteiger partial charge in [-0.1, -0.05) is 24.9 Å². The maximum Gasteiger partial charge on any atom is 0.156 e. The number of hydrogen-bond acceptors (Lipinski definition) is 5. The number of aromatic nitrogens is 2. The van der Waals surface area contributed by atoms with Gasteiger partial charge in [-0.05, 0) is 6.42 Å². The fraction of sp³-hybridized carbons (Fsp3) is 0.500. The number of rotatable bonds is 6. The molecule has 2 N–H and O–H groups in total. The monoisotopic (exact) mass is 243 g/mol. The number of nitrogens with one attached hydrogen (secondary N) is 1. The highest BCUT2D eigenvalue weighted by Crippen LogP contribution is 2.17. The largest absolute Gasteiger partial charge is 0.391 e. The first-order valence-electron chi connectivity index (χ1n) is 5.06. The SMILES string of the molecule is CCCC(O)CNc1ncnc(Cl)c1C=O. The summed E-state index contributed by atoms with van der Waals surface area (Å²) in [7, 11) is 0. The zero-order valence-electron chi connectivity index (χ0n) is 8.98. The molecule has 0 aliphatic carbocycles. The van der Waals surface area contributed by atoms with Crippen molar-refractivity contribution < 1.29 is 9.90 Å². The lowest BCUT2D eigenvalue weighted by molar-refractivity contribution is 0.112. The van der Waals surface area contributed by atoms with Crippen molar-refractivity contribution in [2.75, 3.05) is 11.9 Å². The Kier molecular flexibility index (Phi) is 5.14. The molecule has 0 aromatic carbocycles. The third-order valence-electron chi connectivity index (χ3n) is 2.08. The van der Waals surface area contributed by atoms with Gasteiger partial charge < -0.3 is 10.4 Å². The smallest absolute Gasteiger partial charge is 0.156 e. The molecule has 16 heavy (non-hydrogen) atoms. The van der Waals surface area contributed by atoms with Gasteiger partial charge in [0.05, 0.1) is 11.7 Å². The lowest BCUT2D eigenvalue weighted by Crippen LogP contribution is -2.20. The predicted octanol–water partition coefficient (Wildman–Crippen LogP) is 1.52. The van der Waals surface area contributed by atoms with Crippen molar-refractivity contribution >= 4 is 23.7 Å². The van der Waals surface area contributed by atoms with E-state index in [0.717, 1.165) is 6.42 Å². The number of hydrogen-bond donors (Lipinski definition) is 2. The summed E-state index contributed by atoms with van der Waals surface area (Å²) < 4.78 is 0. The van der Waals surface area contributed by atoms with Crippen molar-refractivity contribution in [3.63, 3.8) is 0 Å². The highest BCUT2D eigenvalue weighted by molar-refractivity contribution is 6.32. The van der Waals surface area contributed by atoms with Gasteiger partial charge in [0.1, 0.15) is 17.3 Å². The van der Waals surface area contributed by atoms with Crippen LogP contribution in [-0.2, 0) is 0 Å². The second-order valence-corrected chi connectivity index (χ2v) is 3.73. The normalized spacial score (nSPS) is 12.2. The number of aliphatic hydroxyl groups excluding tert-OH is 1. The predicted molar refractivity (Wildman–Crippen MR) is 61.8 cm³/mol. The Morgan fingerprint density at radius 3 is 3.00 bits per heavy atom. The maximum atomic E-state index is 10.8. The molecule has 1 atom stereocenters. The standard InChI is InChI=1S/C10H14ClN3O2/c1-2-3-7(16)4-12-10-8(5-15)9(11)13-6-14-10/h5-7,16H,2-4H2,1H3,(H,12,13,14). The molecule has 5 nitrogen and oxygen atoms in total. The van der Waals surface area contributed by atoms with Crippen molar-refractivity contribution in [2.24, 2.45) is 0 Å². The molecule has 1 aromatic rings. The van der Waals surface area contributed by atoms with E-state index in [1.807, 2.05) is 6.92 Å². The number of aliphatic hydroxyl groups is 1. The summed E-state index contributed by atoms with van der Waals surface area (Å²) in [5.41, 5.74) is 0.216. The van der Waals surface area contributed by atoms with E-state index < -0.39 is 6.10 Å². The minimum Gasteiger partial charge on any atom is -0.391 e. The fourth-order valence-corrected chi connectivity index (χ4v) is 1.45. The third-order valence-corrected chi connectivity index (χ3v) is 2.38. The van der Waals surface area contributed by atoms with Gasteiger partial charge in [-0.2, -0.15) is 0 Å². The quantitative estimate of drug-likeness (QED) is 0.585. The summed E-state index contributed by atoms with van der Waals surface area (Å²) >= 11 is 5.72. The molecule has 1 unspecified atom stereocenters. The molecule has 0 spiro atoms. The molecule has 1 aromatic heterocycles. The van der Waals surface area contributed by atoms with Crippen molar-refractivity contribution in [3.05, 3.63) is 17.0 Å². The van der Waals surface area contributed by atoms with Gasteiger partial charge in [-0.25, -0.2) is 9.97 Å². The molecular weight excluding hydrogens is 230 g/mol. The number of carbonyl (C=O) groups excluding carboxylic acids is 1. The fourth-order valence-electron chi connectivity index (χ4n) is 1.27. The van der Waals surface area contributed by atoms with E-state index in [0.29, 0.717) is 25.1 Å². The molecule has 0 aliphatic rings. The Balaban J connectivity index is 2.66. The van der Waals surface area contributed by atoms with Crippen LogP contribution in [0.25, 0.3) is 0 Å². The number of nitrogens with zero attached hydrogens (tertiary/aromatic N) is 2. The van der Waals surface area contributed by atoms with Crippen molar-refractivity contribution in [1.82, 2.24) is 9.97 Å². The molecule has 0 radical (unpaired) electrons. The van der Waals surface area contributed by atoms with Gasteiger partial charge in [0, 0.05) is 6.54 Å². The van der Waals surface area contributed by atoms with Gasteiger partial charge >= 0.3 is 0 Å². The van der Waals surface area contributed by atoms with Crippen LogP contribution in [0.2, 0.25) is 5.15 Å². The average Bonchev–Trinajstić information content (AvgIpc) is 2.27. The second kappa shape index (κ2) is 6.40. The first-order valence-corrected chi connectivity index (χ1v) is 5.44. The molecule has 0 saturated carbocycles. The Morgan fingerprint density at radius 1 is 1.62 bits per heavy atom. The maximum absolute atomic E-state index is 10.8. The zero-order valence-corrected chi connectivity index (χ0v) is 9.74. The number of aldehydes is 1. The molecule has 1 rings (SSSR count). The molecule has 6 heteroatoms. The summed E-state index contributed by atoms with van der Waals surface area (Å²) in [6, 6.07) is 0. The summed E-state index contributed by atoms with van der Waals surface area (Å²) in [4.78, 5) is 18.3. The lowest BCUT2D eigenvalue weighted by atomic mass is 10.2. The first-order chi connectivity index (χ1) is 7.69. The minimum absolute atomic E-state index is 0.109. The van der Waals surface area contributed by atoms with E-state index in [2.05, 4.69) is 15.3 Å². The van der Waals surface area contributed by atoms with E-state index in [1.54, 1.807) is 0 Å². The molecule has 0 bridgehead atoms. The highest BCUT2D eigenvalue weighted by atomic mass is 35.5. The van der Waals surface area contributed by atoms with Crippen LogP contribution in [-0.4, -0.2) is 34.0 Å². The Labute approximate surface area is 98.9 Å². The number of anilines is 1. The summed E-state index contributed by atoms with van der Waals surface area (Å²) in [5, 5.41) is 12.5. The van der Waals surface area contributed by atoms with E-state index in [9.17, 15) is 9.90 Å². The van der Waals surface area contributed by atoms with Crippen LogP contribution in [0.5, 0.6) is 0 Å². The van der Waals surface area contributed by atoms with E-state index in [-0.39, 0.29) is 10.7 Å². The van der Waals surface area contributed by atoms with Gasteiger partial charge in [-0.3, -0.25) is 4.79 Å². The van der Waals surface area contributed by atoms with Crippen LogP contribution in [0.1, 0.15) is 30.1 Å². The van der Waals surface area contributed by atoms with Crippen LogP contribution < -0.4 is 5.32 Å². The van der Waals surface area contributed by atoms with Crippen molar-refractivity contribution in [3.8, 4) is 0 Å². The molecule has 0 amide bonds. The molecular formula is C10H14ClN3O2. The van der Waals surface area contributed by atoms with Crippen LogP contribution >= 0.6 is 11.6 Å². The molecule has 0 fully saturated rings. The number of carbonyl (C=O) groups is 1. The molecule has 0 aliphatic heterocycles. The Hall–Kier alpha value is -1.20. The Bertz CT molecular complexity index is 360. The molecule has 1 heterocycles. The third kappa shape index (κ3) is 3.43.